The molecule has 29 heavy (non-hydrogen) atoms. The Bertz CT molecular complexity index is 847. The minimum Gasteiger partial charge on any atom is -0.497 e. The summed E-state index contributed by atoms with van der Waals surface area (Å²) in [5.41, 5.74) is 1.28. The fraction of sp³-hybridized carbons (Fsp3) is 0.300. The first-order chi connectivity index (χ1) is 14.0. The molecular formula is C20H20F2N2O4S. The molecule has 1 heterocycles. The summed E-state index contributed by atoms with van der Waals surface area (Å²) < 4.78 is 33.8. The van der Waals surface area contributed by atoms with Gasteiger partial charge in [-0.1, -0.05) is 12.1 Å². The van der Waals surface area contributed by atoms with Crippen molar-refractivity contribution >= 4 is 29.3 Å². The van der Waals surface area contributed by atoms with Crippen molar-refractivity contribution in [1.29, 1.82) is 0 Å². The smallest absolute Gasteiger partial charge is 0.387 e. The van der Waals surface area contributed by atoms with E-state index < -0.39 is 12.7 Å². The average molecular weight is 422 g/mol. The number of carbonyl (C=O) groups excluding carboxylic acids is 2. The molecule has 1 saturated heterocycles. The number of carbonyl (C=O) groups is 2. The second kappa shape index (κ2) is 9.60. The quantitative estimate of drug-likeness (QED) is 0.741. The number of ether oxygens (including phenoxy) is 2. The molecule has 0 saturated carbocycles. The van der Waals surface area contributed by atoms with Gasteiger partial charge in [-0.15, -0.1) is 11.8 Å². The molecule has 2 amide bonds. The molecule has 2 aromatic rings. The van der Waals surface area contributed by atoms with Gasteiger partial charge in [0.25, 0.3) is 0 Å². The van der Waals surface area contributed by atoms with Crippen molar-refractivity contribution in [2.45, 2.75) is 19.1 Å². The molecule has 0 spiro atoms. The number of hydrogen-bond donors (Lipinski definition) is 1. The van der Waals surface area contributed by atoms with Gasteiger partial charge in [-0.3, -0.25) is 9.59 Å². The molecule has 1 atom stereocenters. The third-order valence-corrected chi connectivity index (χ3v) is 5.38. The van der Waals surface area contributed by atoms with E-state index in [-0.39, 0.29) is 24.0 Å². The third kappa shape index (κ3) is 5.60. The van der Waals surface area contributed by atoms with Gasteiger partial charge in [0.15, 0.2) is 0 Å². The molecule has 0 bridgehead atoms. The van der Waals surface area contributed by atoms with E-state index in [1.807, 2.05) is 0 Å². The molecule has 1 aliphatic rings. The van der Waals surface area contributed by atoms with Crippen LogP contribution in [0.5, 0.6) is 11.5 Å². The number of halogens is 2. The number of anilines is 1. The molecule has 0 radical (unpaired) electrons. The number of nitrogens with one attached hydrogen (secondary N) is 1. The maximum absolute atomic E-state index is 12.7. The fourth-order valence-electron chi connectivity index (χ4n) is 2.87. The Morgan fingerprint density at radius 1 is 1.14 bits per heavy atom. The molecule has 1 fully saturated rings. The lowest BCUT2D eigenvalue weighted by molar-refractivity contribution is -0.135. The van der Waals surface area contributed by atoms with Gasteiger partial charge in [0.2, 0.25) is 11.8 Å². The maximum Gasteiger partial charge on any atom is 0.387 e. The summed E-state index contributed by atoms with van der Waals surface area (Å²) in [6.07, 6.45) is 0.0713. The number of rotatable bonds is 7. The Morgan fingerprint density at radius 2 is 1.79 bits per heavy atom. The van der Waals surface area contributed by atoms with Gasteiger partial charge < -0.3 is 19.7 Å². The van der Waals surface area contributed by atoms with Crippen LogP contribution in [0.3, 0.4) is 0 Å². The van der Waals surface area contributed by atoms with Crippen LogP contribution >= 0.6 is 11.8 Å². The summed E-state index contributed by atoms with van der Waals surface area (Å²) in [7, 11) is 1.56. The van der Waals surface area contributed by atoms with Gasteiger partial charge in [-0.05, 0) is 42.0 Å². The molecule has 9 heteroatoms. The summed E-state index contributed by atoms with van der Waals surface area (Å²) in [4.78, 5) is 26.9. The first-order valence-electron chi connectivity index (χ1n) is 8.82. The zero-order valence-electron chi connectivity index (χ0n) is 15.6. The zero-order valence-corrected chi connectivity index (χ0v) is 16.5. The predicted molar refractivity (Wildman–Crippen MR) is 106 cm³/mol. The summed E-state index contributed by atoms with van der Waals surface area (Å²) in [5, 5.41) is 2.82. The summed E-state index contributed by atoms with van der Waals surface area (Å²) in [6, 6.07) is 12.3. The minimum atomic E-state index is -2.89. The van der Waals surface area contributed by atoms with Crippen LogP contribution in [0.15, 0.2) is 48.5 Å². The van der Waals surface area contributed by atoms with E-state index in [9.17, 15) is 18.4 Å². The fourth-order valence-corrected chi connectivity index (χ4v) is 4.05. The van der Waals surface area contributed by atoms with Crippen LogP contribution in [-0.2, 0) is 16.0 Å². The van der Waals surface area contributed by atoms with E-state index in [1.165, 1.54) is 28.8 Å². The molecule has 3 rings (SSSR count). The van der Waals surface area contributed by atoms with Crippen LogP contribution in [0.4, 0.5) is 14.5 Å². The molecule has 154 valence electrons. The normalized spacial score (nSPS) is 16.0. The van der Waals surface area contributed by atoms with Gasteiger partial charge >= 0.3 is 6.61 Å². The van der Waals surface area contributed by atoms with E-state index in [4.69, 9.17) is 4.74 Å². The number of amides is 2. The summed E-state index contributed by atoms with van der Waals surface area (Å²) in [5.74, 6) is 1.19. The highest BCUT2D eigenvalue weighted by atomic mass is 32.2. The molecule has 0 aliphatic carbocycles. The zero-order chi connectivity index (χ0) is 20.8. The van der Waals surface area contributed by atoms with Crippen LogP contribution in [0, 0.1) is 0 Å². The van der Waals surface area contributed by atoms with Crippen molar-refractivity contribution in [3.8, 4) is 11.5 Å². The SMILES string of the molecule is COc1ccc(NC(=O)C2CSCN2C(=O)Cc2ccc(OC(F)F)cc2)cc1. The predicted octanol–water partition coefficient (Wildman–Crippen LogP) is 3.38. The van der Waals surface area contributed by atoms with Gasteiger partial charge in [0.05, 0.1) is 19.4 Å². The van der Waals surface area contributed by atoms with Gasteiger partial charge in [0, 0.05) is 11.4 Å². The lowest BCUT2D eigenvalue weighted by Gasteiger charge is -2.23. The van der Waals surface area contributed by atoms with Crippen molar-refractivity contribution in [2.24, 2.45) is 0 Å². The van der Waals surface area contributed by atoms with Crippen LogP contribution < -0.4 is 14.8 Å². The lowest BCUT2D eigenvalue weighted by Crippen LogP contribution is -2.45. The van der Waals surface area contributed by atoms with Gasteiger partial charge in [-0.25, -0.2) is 0 Å². The maximum atomic E-state index is 12.7. The number of hydrogen-bond acceptors (Lipinski definition) is 5. The Kier molecular flexibility index (Phi) is 6.92. The Hall–Kier alpha value is -2.81. The number of methoxy groups -OCH3 is 1. The molecule has 1 N–H and O–H groups in total. The van der Waals surface area contributed by atoms with Crippen LogP contribution in [0.1, 0.15) is 5.56 Å². The van der Waals surface area contributed by atoms with Crippen LogP contribution in [0.25, 0.3) is 0 Å². The Balaban J connectivity index is 1.60. The summed E-state index contributed by atoms with van der Waals surface area (Å²) >= 11 is 1.50. The van der Waals surface area contributed by atoms with Crippen molar-refractivity contribution in [2.75, 3.05) is 24.1 Å². The number of alkyl halides is 2. The number of benzene rings is 2. The summed E-state index contributed by atoms with van der Waals surface area (Å²) in [6.45, 7) is -2.89. The second-order valence-electron chi connectivity index (χ2n) is 6.30. The van der Waals surface area contributed by atoms with E-state index >= 15 is 0 Å². The first kappa shape index (κ1) is 20.9. The monoisotopic (exact) mass is 422 g/mol. The van der Waals surface area contributed by atoms with Gasteiger partial charge in [-0.2, -0.15) is 8.78 Å². The number of nitrogens with zero attached hydrogens (tertiary/aromatic N) is 1. The van der Waals surface area contributed by atoms with Crippen molar-refractivity contribution in [3.05, 3.63) is 54.1 Å². The average Bonchev–Trinajstić information content (AvgIpc) is 3.20. The van der Waals surface area contributed by atoms with Crippen molar-refractivity contribution < 1.29 is 27.8 Å². The van der Waals surface area contributed by atoms with Crippen LogP contribution in [0.2, 0.25) is 0 Å². The van der Waals surface area contributed by atoms with Crippen molar-refractivity contribution in [3.63, 3.8) is 0 Å². The van der Waals surface area contributed by atoms with E-state index in [0.29, 0.717) is 28.6 Å². The highest BCUT2D eigenvalue weighted by Crippen LogP contribution is 2.24. The molecular weight excluding hydrogens is 402 g/mol. The molecule has 6 nitrogen and oxygen atoms in total. The Labute approximate surface area is 171 Å². The van der Waals surface area contributed by atoms with E-state index in [2.05, 4.69) is 10.1 Å². The third-order valence-electron chi connectivity index (χ3n) is 4.37. The molecule has 2 aromatic carbocycles. The molecule has 0 aromatic heterocycles. The molecule has 1 unspecified atom stereocenters. The first-order valence-corrected chi connectivity index (χ1v) is 9.97. The standard InChI is InChI=1S/C20H20F2N2O4S/c1-27-15-8-4-14(5-9-15)23-19(26)17-11-29-12-24(17)18(25)10-13-2-6-16(7-3-13)28-20(21)22/h2-9,17,20H,10-12H2,1H3,(H,23,26). The highest BCUT2D eigenvalue weighted by molar-refractivity contribution is 7.99. The molecule has 1 aliphatic heterocycles. The van der Waals surface area contributed by atoms with E-state index in [0.717, 1.165) is 0 Å². The highest BCUT2D eigenvalue weighted by Gasteiger charge is 2.34. The van der Waals surface area contributed by atoms with E-state index in [1.54, 1.807) is 43.5 Å². The second-order valence-corrected chi connectivity index (χ2v) is 7.30. The van der Waals surface area contributed by atoms with Crippen LogP contribution in [-0.4, -0.2) is 48.1 Å². The lowest BCUT2D eigenvalue weighted by atomic mass is 10.1. The van der Waals surface area contributed by atoms with Gasteiger partial charge in [0.1, 0.15) is 17.5 Å². The largest absolute Gasteiger partial charge is 0.497 e. The topological polar surface area (TPSA) is 67.9 Å². The number of thioether (sulfide) groups is 1. The minimum absolute atomic E-state index is 0.0321. The Morgan fingerprint density at radius 3 is 2.41 bits per heavy atom. The van der Waals surface area contributed by atoms with Crippen molar-refractivity contribution in [1.82, 2.24) is 4.90 Å².